The SMILES string of the molecule is CCN(CC)C1CCC(Nc2ccnc3ccc(-c4cc(F)c(O)c(F)c4)cc23)CC1. The predicted molar refractivity (Wildman–Crippen MR) is 121 cm³/mol. The molecule has 0 aliphatic heterocycles. The van der Waals surface area contributed by atoms with E-state index in [0.29, 0.717) is 23.2 Å². The quantitative estimate of drug-likeness (QED) is 0.512. The van der Waals surface area contributed by atoms with Crippen LogP contribution in [0.2, 0.25) is 0 Å². The number of aromatic nitrogens is 1. The van der Waals surface area contributed by atoms with Crippen molar-refractivity contribution in [1.29, 1.82) is 0 Å². The number of halogens is 2. The van der Waals surface area contributed by atoms with E-state index >= 15 is 0 Å². The van der Waals surface area contributed by atoms with E-state index in [-0.39, 0.29) is 0 Å². The molecule has 2 N–H and O–H groups in total. The minimum Gasteiger partial charge on any atom is -0.503 e. The van der Waals surface area contributed by atoms with Crippen LogP contribution in [0.15, 0.2) is 42.6 Å². The molecule has 0 unspecified atom stereocenters. The molecule has 4 rings (SSSR count). The maximum absolute atomic E-state index is 13.8. The Kier molecular flexibility index (Phi) is 6.37. The van der Waals surface area contributed by atoms with Crippen LogP contribution in [0, 0.1) is 11.6 Å². The molecule has 4 nitrogen and oxygen atoms in total. The van der Waals surface area contributed by atoms with Crippen molar-refractivity contribution in [3.05, 3.63) is 54.2 Å². The number of phenolic OH excluding ortho intramolecular Hbond substituents is 1. The number of benzene rings is 2. The third kappa shape index (κ3) is 4.49. The van der Waals surface area contributed by atoms with Crippen LogP contribution in [0.25, 0.3) is 22.0 Å². The highest BCUT2D eigenvalue weighted by atomic mass is 19.1. The van der Waals surface area contributed by atoms with Gasteiger partial charge in [0, 0.05) is 29.4 Å². The highest BCUT2D eigenvalue weighted by Crippen LogP contribution is 2.33. The first-order valence-corrected chi connectivity index (χ1v) is 11.1. The summed E-state index contributed by atoms with van der Waals surface area (Å²) in [6.07, 6.45) is 6.36. The molecule has 1 aliphatic carbocycles. The maximum Gasteiger partial charge on any atom is 0.187 e. The van der Waals surface area contributed by atoms with Crippen LogP contribution in [0.3, 0.4) is 0 Å². The summed E-state index contributed by atoms with van der Waals surface area (Å²) in [5.41, 5.74) is 2.86. The van der Waals surface area contributed by atoms with Crippen LogP contribution in [-0.4, -0.2) is 40.2 Å². The first-order chi connectivity index (χ1) is 15.0. The van der Waals surface area contributed by atoms with Crippen molar-refractivity contribution in [1.82, 2.24) is 9.88 Å². The second kappa shape index (κ2) is 9.18. The molecule has 164 valence electrons. The Balaban J connectivity index is 1.57. The summed E-state index contributed by atoms with van der Waals surface area (Å²) < 4.78 is 27.7. The van der Waals surface area contributed by atoms with Crippen LogP contribution in [0.5, 0.6) is 5.75 Å². The van der Waals surface area contributed by atoms with E-state index in [1.807, 2.05) is 18.2 Å². The lowest BCUT2D eigenvalue weighted by Gasteiger charge is -2.36. The molecule has 0 saturated heterocycles. The minimum atomic E-state index is -0.968. The van der Waals surface area contributed by atoms with Crippen molar-refractivity contribution >= 4 is 16.6 Å². The Hall–Kier alpha value is -2.73. The van der Waals surface area contributed by atoms with Crippen molar-refractivity contribution in [3.63, 3.8) is 0 Å². The van der Waals surface area contributed by atoms with Crippen LogP contribution in [-0.2, 0) is 0 Å². The molecule has 1 fully saturated rings. The van der Waals surface area contributed by atoms with Gasteiger partial charge in [-0.15, -0.1) is 0 Å². The van der Waals surface area contributed by atoms with Crippen molar-refractivity contribution in [2.75, 3.05) is 18.4 Å². The fourth-order valence-electron chi connectivity index (χ4n) is 4.73. The van der Waals surface area contributed by atoms with Crippen LogP contribution in [0.4, 0.5) is 14.5 Å². The van der Waals surface area contributed by atoms with Gasteiger partial charge in [0.15, 0.2) is 17.4 Å². The summed E-state index contributed by atoms with van der Waals surface area (Å²) in [6, 6.07) is 10.9. The standard InChI is InChI=1S/C25H29F2N3O/c1-3-30(4-2)19-8-6-18(7-9-19)29-24-11-12-28-23-10-5-16(13-20(23)24)17-14-21(26)25(31)22(27)15-17/h5,10-15,18-19,31H,3-4,6-9H2,1-2H3,(H,28,29). The fourth-order valence-corrected chi connectivity index (χ4v) is 4.73. The number of hydrogen-bond donors (Lipinski definition) is 2. The zero-order valence-electron chi connectivity index (χ0n) is 18.0. The number of fused-ring (bicyclic) bond motifs is 1. The molecule has 2 aromatic carbocycles. The largest absolute Gasteiger partial charge is 0.503 e. The Morgan fingerprint density at radius 1 is 0.968 bits per heavy atom. The zero-order chi connectivity index (χ0) is 22.0. The van der Waals surface area contributed by atoms with Gasteiger partial charge in [0.1, 0.15) is 0 Å². The van der Waals surface area contributed by atoms with Gasteiger partial charge >= 0.3 is 0 Å². The van der Waals surface area contributed by atoms with Gasteiger partial charge in [-0.05, 0) is 80.2 Å². The molecule has 0 atom stereocenters. The molecule has 1 saturated carbocycles. The number of nitrogens with zero attached hydrogens (tertiary/aromatic N) is 2. The molecular weight excluding hydrogens is 396 g/mol. The lowest BCUT2D eigenvalue weighted by molar-refractivity contribution is 0.167. The van der Waals surface area contributed by atoms with E-state index in [1.54, 1.807) is 12.3 Å². The second-order valence-corrected chi connectivity index (χ2v) is 8.25. The smallest absolute Gasteiger partial charge is 0.187 e. The molecule has 6 heteroatoms. The number of nitrogens with one attached hydrogen (secondary N) is 1. The number of rotatable bonds is 6. The number of aromatic hydroxyl groups is 1. The monoisotopic (exact) mass is 425 g/mol. The average molecular weight is 426 g/mol. The predicted octanol–water partition coefficient (Wildman–Crippen LogP) is 5.95. The summed E-state index contributed by atoms with van der Waals surface area (Å²) in [5, 5.41) is 14.0. The summed E-state index contributed by atoms with van der Waals surface area (Å²) >= 11 is 0. The van der Waals surface area contributed by atoms with Gasteiger partial charge in [-0.3, -0.25) is 4.98 Å². The van der Waals surface area contributed by atoms with E-state index in [1.165, 1.54) is 12.8 Å². The molecule has 0 bridgehead atoms. The first-order valence-electron chi connectivity index (χ1n) is 11.1. The topological polar surface area (TPSA) is 48.4 Å². The number of anilines is 1. The molecule has 0 amide bonds. The average Bonchev–Trinajstić information content (AvgIpc) is 2.79. The summed E-state index contributed by atoms with van der Waals surface area (Å²) in [6.45, 7) is 6.63. The molecule has 1 aromatic heterocycles. The number of pyridine rings is 1. The summed E-state index contributed by atoms with van der Waals surface area (Å²) in [4.78, 5) is 6.98. The molecule has 0 spiro atoms. The van der Waals surface area contributed by atoms with Crippen molar-refractivity contribution < 1.29 is 13.9 Å². The Morgan fingerprint density at radius 3 is 2.29 bits per heavy atom. The van der Waals surface area contributed by atoms with Crippen LogP contribution >= 0.6 is 0 Å². The lowest BCUT2D eigenvalue weighted by atomic mass is 9.89. The molecular formula is C25H29F2N3O. The van der Waals surface area contributed by atoms with Gasteiger partial charge in [0.05, 0.1) is 5.52 Å². The van der Waals surface area contributed by atoms with Gasteiger partial charge in [-0.25, -0.2) is 8.78 Å². The van der Waals surface area contributed by atoms with Crippen molar-refractivity contribution in [2.24, 2.45) is 0 Å². The second-order valence-electron chi connectivity index (χ2n) is 8.25. The number of phenols is 1. The highest BCUT2D eigenvalue weighted by Gasteiger charge is 2.24. The van der Waals surface area contributed by atoms with Gasteiger partial charge < -0.3 is 15.3 Å². The van der Waals surface area contributed by atoms with Gasteiger partial charge in [-0.1, -0.05) is 19.9 Å². The third-order valence-electron chi connectivity index (χ3n) is 6.48. The van der Waals surface area contributed by atoms with Crippen molar-refractivity contribution in [2.45, 2.75) is 51.6 Å². The first kappa shape index (κ1) is 21.5. The normalized spacial score (nSPS) is 19.1. The summed E-state index contributed by atoms with van der Waals surface area (Å²) in [5.74, 6) is -2.89. The summed E-state index contributed by atoms with van der Waals surface area (Å²) in [7, 11) is 0. The fraction of sp³-hybridized carbons (Fsp3) is 0.400. The zero-order valence-corrected chi connectivity index (χ0v) is 18.0. The minimum absolute atomic E-state index is 0.379. The maximum atomic E-state index is 13.8. The molecule has 1 heterocycles. The van der Waals surface area contributed by atoms with E-state index in [2.05, 4.69) is 29.0 Å². The van der Waals surface area contributed by atoms with E-state index in [9.17, 15) is 13.9 Å². The van der Waals surface area contributed by atoms with E-state index in [0.717, 1.165) is 54.7 Å². The molecule has 0 radical (unpaired) electrons. The van der Waals surface area contributed by atoms with Crippen LogP contribution in [0.1, 0.15) is 39.5 Å². The number of hydrogen-bond acceptors (Lipinski definition) is 4. The van der Waals surface area contributed by atoms with Crippen molar-refractivity contribution in [3.8, 4) is 16.9 Å². The van der Waals surface area contributed by atoms with E-state index in [4.69, 9.17) is 0 Å². The Labute approximate surface area is 181 Å². The van der Waals surface area contributed by atoms with Gasteiger partial charge in [0.25, 0.3) is 0 Å². The van der Waals surface area contributed by atoms with Crippen LogP contribution < -0.4 is 5.32 Å². The lowest BCUT2D eigenvalue weighted by Crippen LogP contribution is -2.40. The Bertz CT molecular complexity index is 1040. The Morgan fingerprint density at radius 2 is 1.65 bits per heavy atom. The molecule has 31 heavy (non-hydrogen) atoms. The van der Waals surface area contributed by atoms with Gasteiger partial charge in [-0.2, -0.15) is 0 Å². The highest BCUT2D eigenvalue weighted by molar-refractivity contribution is 5.94. The van der Waals surface area contributed by atoms with Gasteiger partial charge in [0.2, 0.25) is 0 Å². The molecule has 1 aliphatic rings. The third-order valence-corrected chi connectivity index (χ3v) is 6.48. The van der Waals surface area contributed by atoms with E-state index < -0.39 is 17.4 Å². The molecule has 3 aromatic rings.